The smallest absolute Gasteiger partial charge is 0.314 e. The van der Waals surface area contributed by atoms with Crippen LogP contribution in [-0.4, -0.2) is 19.1 Å². The van der Waals surface area contributed by atoms with Crippen molar-refractivity contribution in [3.05, 3.63) is 70.7 Å². The van der Waals surface area contributed by atoms with E-state index in [1.807, 2.05) is 42.5 Å². The summed E-state index contributed by atoms with van der Waals surface area (Å²) in [6.45, 7) is 1.72. The van der Waals surface area contributed by atoms with Gasteiger partial charge >= 0.3 is 5.97 Å². The van der Waals surface area contributed by atoms with Crippen molar-refractivity contribution in [1.29, 1.82) is 0 Å². The Bertz CT molecular complexity index is 778. The molecule has 1 N–H and O–H groups in total. The topological polar surface area (TPSA) is 38.3 Å². The first-order chi connectivity index (χ1) is 13.7. The summed E-state index contributed by atoms with van der Waals surface area (Å²) in [7, 11) is 0. The van der Waals surface area contributed by atoms with Gasteiger partial charge in [-0.2, -0.15) is 0 Å². The molecule has 0 amide bonds. The van der Waals surface area contributed by atoms with Crippen LogP contribution in [0.3, 0.4) is 0 Å². The minimum atomic E-state index is -0.535. The van der Waals surface area contributed by atoms with Crippen molar-refractivity contribution in [2.24, 2.45) is 5.92 Å². The number of piperidine rings is 1. The minimum Gasteiger partial charge on any atom is -0.454 e. The number of ether oxygens (including phenoxy) is 1. The normalized spacial score (nSPS) is 20.6. The van der Waals surface area contributed by atoms with Crippen molar-refractivity contribution in [2.75, 3.05) is 13.1 Å². The van der Waals surface area contributed by atoms with Crippen LogP contribution < -0.4 is 5.32 Å². The fourth-order valence-electron chi connectivity index (χ4n) is 4.84. The highest BCUT2D eigenvalue weighted by atomic mass is 35.5. The molecule has 1 unspecified atom stereocenters. The Kier molecular flexibility index (Phi) is 6.03. The van der Waals surface area contributed by atoms with Crippen LogP contribution in [0.1, 0.15) is 55.6 Å². The molecule has 1 atom stereocenters. The van der Waals surface area contributed by atoms with Crippen LogP contribution in [0.25, 0.3) is 0 Å². The first kappa shape index (κ1) is 19.5. The number of hydrogen-bond donors (Lipinski definition) is 1. The number of esters is 1. The van der Waals surface area contributed by atoms with E-state index in [-0.39, 0.29) is 11.9 Å². The molecule has 0 spiro atoms. The van der Waals surface area contributed by atoms with E-state index < -0.39 is 5.60 Å². The summed E-state index contributed by atoms with van der Waals surface area (Å²) in [5.74, 6) is 0.0541. The molecule has 4 rings (SSSR count). The van der Waals surface area contributed by atoms with E-state index in [9.17, 15) is 4.79 Å². The number of benzene rings is 2. The summed E-state index contributed by atoms with van der Waals surface area (Å²) in [6.07, 6.45) is 6.16. The van der Waals surface area contributed by atoms with Crippen LogP contribution in [0, 0.1) is 5.92 Å². The fourth-order valence-corrected chi connectivity index (χ4v) is 4.97. The quantitative estimate of drug-likeness (QED) is 0.683. The lowest BCUT2D eigenvalue weighted by Crippen LogP contribution is -2.44. The molecule has 2 aromatic carbocycles. The summed E-state index contributed by atoms with van der Waals surface area (Å²) in [5, 5.41) is 4.09. The molecule has 4 heteroatoms. The SMILES string of the molecule is O=C(OC1(c2ccccc2)CCNCC1)C(c1ccc(Cl)cc1)C1CCCC1. The van der Waals surface area contributed by atoms with Gasteiger partial charge in [0.25, 0.3) is 0 Å². The van der Waals surface area contributed by atoms with Gasteiger partial charge in [0.1, 0.15) is 5.60 Å². The van der Waals surface area contributed by atoms with E-state index in [0.717, 1.165) is 49.9 Å². The van der Waals surface area contributed by atoms with Crippen molar-refractivity contribution in [3.63, 3.8) is 0 Å². The molecule has 0 aromatic heterocycles. The Morgan fingerprint density at radius 3 is 2.29 bits per heavy atom. The van der Waals surface area contributed by atoms with Gasteiger partial charge in [0.15, 0.2) is 0 Å². The Morgan fingerprint density at radius 2 is 1.64 bits per heavy atom. The van der Waals surface area contributed by atoms with Gasteiger partial charge in [0, 0.05) is 17.9 Å². The van der Waals surface area contributed by atoms with Gasteiger partial charge in [-0.15, -0.1) is 0 Å². The van der Waals surface area contributed by atoms with Gasteiger partial charge in [-0.3, -0.25) is 4.79 Å². The number of halogens is 1. The third-order valence-electron chi connectivity index (χ3n) is 6.36. The highest BCUT2D eigenvalue weighted by molar-refractivity contribution is 6.30. The molecule has 1 saturated heterocycles. The van der Waals surface area contributed by atoms with E-state index in [4.69, 9.17) is 16.3 Å². The zero-order valence-corrected chi connectivity index (χ0v) is 17.0. The summed E-state index contributed by atoms with van der Waals surface area (Å²) in [4.78, 5) is 13.6. The lowest BCUT2D eigenvalue weighted by Gasteiger charge is -2.39. The molecule has 0 bridgehead atoms. The number of rotatable bonds is 5. The molecule has 1 heterocycles. The number of carbonyl (C=O) groups excluding carboxylic acids is 1. The third-order valence-corrected chi connectivity index (χ3v) is 6.61. The molecule has 2 fully saturated rings. The molecule has 2 aliphatic rings. The van der Waals surface area contributed by atoms with E-state index in [0.29, 0.717) is 10.9 Å². The summed E-state index contributed by atoms with van der Waals surface area (Å²) in [6, 6.07) is 18.0. The molecule has 1 aliphatic carbocycles. The second-order valence-electron chi connectivity index (χ2n) is 8.11. The van der Waals surface area contributed by atoms with E-state index >= 15 is 0 Å². The highest BCUT2D eigenvalue weighted by Crippen LogP contribution is 2.42. The summed E-state index contributed by atoms with van der Waals surface area (Å²) < 4.78 is 6.41. The zero-order chi connectivity index (χ0) is 19.4. The number of hydrogen-bond acceptors (Lipinski definition) is 3. The van der Waals surface area contributed by atoms with Crippen LogP contribution >= 0.6 is 11.6 Å². The Labute approximate surface area is 172 Å². The molecular formula is C24H28ClNO2. The van der Waals surface area contributed by atoms with Crippen LogP contribution in [0.5, 0.6) is 0 Å². The van der Waals surface area contributed by atoms with E-state index in [1.54, 1.807) is 0 Å². The average Bonchev–Trinajstić information content (AvgIpc) is 3.25. The molecule has 0 radical (unpaired) electrons. The van der Waals surface area contributed by atoms with Gasteiger partial charge in [-0.05, 0) is 55.1 Å². The molecule has 2 aromatic rings. The van der Waals surface area contributed by atoms with Crippen LogP contribution in [0.15, 0.2) is 54.6 Å². The van der Waals surface area contributed by atoms with Crippen molar-refractivity contribution in [1.82, 2.24) is 5.32 Å². The molecule has 148 valence electrons. The van der Waals surface area contributed by atoms with Gasteiger partial charge in [0.05, 0.1) is 5.92 Å². The second-order valence-corrected chi connectivity index (χ2v) is 8.54. The lowest BCUT2D eigenvalue weighted by atomic mass is 9.82. The van der Waals surface area contributed by atoms with Gasteiger partial charge in [-0.1, -0.05) is 66.9 Å². The number of nitrogens with one attached hydrogen (secondary N) is 1. The monoisotopic (exact) mass is 397 g/mol. The van der Waals surface area contributed by atoms with Crippen molar-refractivity contribution in [3.8, 4) is 0 Å². The summed E-state index contributed by atoms with van der Waals surface area (Å²) in [5.41, 5.74) is 1.59. The lowest BCUT2D eigenvalue weighted by molar-refractivity contribution is -0.167. The fraction of sp³-hybridized carbons (Fsp3) is 0.458. The Balaban J connectivity index is 1.64. The maximum Gasteiger partial charge on any atom is 0.314 e. The van der Waals surface area contributed by atoms with Gasteiger partial charge < -0.3 is 10.1 Å². The molecule has 1 aliphatic heterocycles. The maximum atomic E-state index is 13.6. The van der Waals surface area contributed by atoms with Crippen molar-refractivity contribution in [2.45, 2.75) is 50.0 Å². The third kappa shape index (κ3) is 4.11. The average molecular weight is 398 g/mol. The van der Waals surface area contributed by atoms with Crippen molar-refractivity contribution < 1.29 is 9.53 Å². The predicted octanol–water partition coefficient (Wildman–Crippen LogP) is 5.44. The van der Waals surface area contributed by atoms with E-state index in [2.05, 4.69) is 17.4 Å². The molecule has 28 heavy (non-hydrogen) atoms. The zero-order valence-electron chi connectivity index (χ0n) is 16.2. The van der Waals surface area contributed by atoms with Crippen LogP contribution in [-0.2, 0) is 15.1 Å². The Hall–Kier alpha value is -1.84. The largest absolute Gasteiger partial charge is 0.454 e. The van der Waals surface area contributed by atoms with Crippen molar-refractivity contribution >= 4 is 17.6 Å². The van der Waals surface area contributed by atoms with Crippen LogP contribution in [0.2, 0.25) is 5.02 Å². The molecule has 3 nitrogen and oxygen atoms in total. The highest BCUT2D eigenvalue weighted by Gasteiger charge is 2.41. The number of carbonyl (C=O) groups is 1. The molecule has 1 saturated carbocycles. The summed E-state index contributed by atoms with van der Waals surface area (Å²) >= 11 is 6.09. The van der Waals surface area contributed by atoms with E-state index in [1.165, 1.54) is 12.8 Å². The second kappa shape index (κ2) is 8.67. The minimum absolute atomic E-state index is 0.0834. The maximum absolute atomic E-state index is 13.6. The van der Waals surface area contributed by atoms with Gasteiger partial charge in [-0.25, -0.2) is 0 Å². The van der Waals surface area contributed by atoms with Gasteiger partial charge in [0.2, 0.25) is 0 Å². The molecular weight excluding hydrogens is 370 g/mol. The predicted molar refractivity (Wildman–Crippen MR) is 112 cm³/mol. The first-order valence-corrected chi connectivity index (χ1v) is 10.8. The first-order valence-electron chi connectivity index (χ1n) is 10.4. The van der Waals surface area contributed by atoms with Crippen LogP contribution in [0.4, 0.5) is 0 Å². The Morgan fingerprint density at radius 1 is 1.00 bits per heavy atom. The standard InChI is InChI=1S/C24H28ClNO2/c25-21-12-10-19(11-13-21)22(18-6-4-5-7-18)23(27)28-24(14-16-26-17-15-24)20-8-2-1-3-9-20/h1-3,8-13,18,22,26H,4-7,14-17H2.